The van der Waals surface area contributed by atoms with Crippen LogP contribution in [0.1, 0.15) is 53.8 Å². The van der Waals surface area contributed by atoms with Crippen LogP contribution in [0, 0.1) is 6.92 Å². The fourth-order valence-electron chi connectivity index (χ4n) is 4.45. The van der Waals surface area contributed by atoms with Crippen LogP contribution in [-0.2, 0) is 10.5 Å². The first-order chi connectivity index (χ1) is 20.3. The molecule has 1 unspecified atom stereocenters. The number of carbonyl (C=O) groups is 2. The number of aliphatic hydroxyl groups is 1. The molecule has 4 aromatic rings. The molecule has 0 radical (unpaired) electrons. The lowest BCUT2D eigenvalue weighted by Gasteiger charge is -2.24. The average molecular weight is 626 g/mol. The number of aryl methyl sites for hydroxylation is 1. The largest absolute Gasteiger partial charge is 0.503 e. The van der Waals surface area contributed by atoms with Crippen LogP contribution in [0.2, 0.25) is 5.02 Å². The van der Waals surface area contributed by atoms with Gasteiger partial charge in [0.15, 0.2) is 27.4 Å². The number of thioether (sulfide) groups is 1. The summed E-state index contributed by atoms with van der Waals surface area (Å²) in [4.78, 5) is 28.6. The summed E-state index contributed by atoms with van der Waals surface area (Å²) in [7, 11) is 0. The topological polar surface area (TPSA) is 115 Å². The van der Waals surface area contributed by atoms with Crippen molar-refractivity contribution in [3.8, 4) is 11.5 Å². The van der Waals surface area contributed by atoms with Gasteiger partial charge in [-0.1, -0.05) is 65.9 Å². The van der Waals surface area contributed by atoms with E-state index >= 15 is 0 Å². The average Bonchev–Trinajstić information content (AvgIpc) is 3.70. The summed E-state index contributed by atoms with van der Waals surface area (Å²) in [5, 5.41) is 20.5. The van der Waals surface area contributed by atoms with Crippen molar-refractivity contribution in [3.63, 3.8) is 0 Å². The van der Waals surface area contributed by atoms with E-state index in [1.807, 2.05) is 38.1 Å². The van der Waals surface area contributed by atoms with Crippen LogP contribution in [-0.4, -0.2) is 40.2 Å². The van der Waals surface area contributed by atoms with Crippen LogP contribution in [0.5, 0.6) is 11.5 Å². The molecule has 12 heteroatoms. The number of halogens is 1. The van der Waals surface area contributed by atoms with Crippen LogP contribution in [0.3, 0.4) is 0 Å². The molecule has 5 rings (SSSR count). The van der Waals surface area contributed by atoms with Gasteiger partial charge in [0.2, 0.25) is 10.9 Å². The normalized spacial score (nSPS) is 15.0. The number of aliphatic hydroxyl groups excluding tert-OH is 1. The second kappa shape index (κ2) is 13.0. The Kier molecular flexibility index (Phi) is 9.20. The maximum absolute atomic E-state index is 13.7. The van der Waals surface area contributed by atoms with Crippen molar-refractivity contribution >= 4 is 51.5 Å². The Hall–Kier alpha value is -3.80. The van der Waals surface area contributed by atoms with E-state index in [0.29, 0.717) is 51.2 Å². The number of nitrogens with zero attached hydrogens (tertiary/aromatic N) is 3. The zero-order valence-corrected chi connectivity index (χ0v) is 25.5. The molecule has 1 atom stereocenters. The van der Waals surface area contributed by atoms with E-state index in [-0.39, 0.29) is 16.5 Å². The summed E-state index contributed by atoms with van der Waals surface area (Å²) in [6.07, 6.45) is 0.809. The lowest BCUT2D eigenvalue weighted by molar-refractivity contribution is -0.117. The second-order valence-electron chi connectivity index (χ2n) is 9.30. The van der Waals surface area contributed by atoms with E-state index in [1.54, 1.807) is 31.2 Å². The lowest BCUT2D eigenvalue weighted by Crippen LogP contribution is -2.31. The third kappa shape index (κ3) is 6.04. The summed E-state index contributed by atoms with van der Waals surface area (Å²) < 4.78 is 17.9. The van der Waals surface area contributed by atoms with Gasteiger partial charge >= 0.3 is 0 Å². The first kappa shape index (κ1) is 29.7. The van der Waals surface area contributed by atoms with Crippen molar-refractivity contribution in [2.45, 2.75) is 43.3 Å². The number of ether oxygens (including phenoxy) is 2. The van der Waals surface area contributed by atoms with Crippen molar-refractivity contribution in [2.75, 3.05) is 18.1 Å². The number of hydrogen-bond acceptors (Lipinski definition) is 10. The van der Waals surface area contributed by atoms with E-state index in [4.69, 9.17) is 25.5 Å². The van der Waals surface area contributed by atoms with Gasteiger partial charge in [0.25, 0.3) is 5.91 Å². The number of anilines is 1. The smallest absolute Gasteiger partial charge is 0.296 e. The van der Waals surface area contributed by atoms with Crippen LogP contribution in [0.15, 0.2) is 74.7 Å². The Morgan fingerprint density at radius 2 is 1.93 bits per heavy atom. The van der Waals surface area contributed by atoms with Crippen LogP contribution in [0.25, 0.3) is 0 Å². The van der Waals surface area contributed by atoms with Gasteiger partial charge in [-0.3, -0.25) is 14.5 Å². The predicted molar refractivity (Wildman–Crippen MR) is 162 cm³/mol. The maximum atomic E-state index is 13.7. The van der Waals surface area contributed by atoms with Gasteiger partial charge in [0.05, 0.1) is 24.8 Å². The molecule has 1 aliphatic rings. The maximum Gasteiger partial charge on any atom is 0.296 e. The predicted octanol–water partition coefficient (Wildman–Crippen LogP) is 7.36. The standard InChI is InChI=1S/C30H28ClN3O6S2/c1-4-14-39-21-13-11-18(15-23(21)38-5-2)25-24(26(35)22-12-10-17(3)40-22)27(36)28(37)34(25)29-32-33-30(42-29)41-16-19-8-6-7-9-20(19)31/h6-13,15,25,36H,4-5,14,16H2,1-3H3. The Morgan fingerprint density at radius 1 is 1.12 bits per heavy atom. The number of aromatic nitrogens is 2. The number of amides is 1. The highest BCUT2D eigenvalue weighted by Crippen LogP contribution is 2.45. The number of furan rings is 1. The third-order valence-electron chi connectivity index (χ3n) is 6.37. The van der Waals surface area contributed by atoms with Crippen molar-refractivity contribution in [1.29, 1.82) is 0 Å². The van der Waals surface area contributed by atoms with Crippen LogP contribution in [0.4, 0.5) is 5.13 Å². The number of ketones is 1. The van der Waals surface area contributed by atoms with E-state index in [1.165, 1.54) is 34.1 Å². The molecule has 0 spiro atoms. The molecule has 2 aromatic carbocycles. The molecule has 0 aliphatic carbocycles. The summed E-state index contributed by atoms with van der Waals surface area (Å²) in [5.74, 6) is 0.0214. The minimum Gasteiger partial charge on any atom is -0.503 e. The molecule has 0 fully saturated rings. The molecule has 1 aliphatic heterocycles. The monoisotopic (exact) mass is 625 g/mol. The fourth-order valence-corrected chi connectivity index (χ4v) is 6.60. The number of carbonyl (C=O) groups excluding carboxylic acids is 2. The minimum atomic E-state index is -1.02. The van der Waals surface area contributed by atoms with Crippen LogP contribution < -0.4 is 14.4 Å². The van der Waals surface area contributed by atoms with E-state index < -0.39 is 23.5 Å². The third-order valence-corrected chi connectivity index (χ3v) is 8.85. The molecule has 0 saturated heterocycles. The molecule has 42 heavy (non-hydrogen) atoms. The summed E-state index contributed by atoms with van der Waals surface area (Å²) >= 11 is 8.90. The highest BCUT2D eigenvalue weighted by atomic mass is 35.5. The molecule has 1 amide bonds. The molecule has 3 heterocycles. The number of benzene rings is 2. The number of hydrogen-bond donors (Lipinski definition) is 1. The zero-order valence-electron chi connectivity index (χ0n) is 23.1. The van der Waals surface area contributed by atoms with Gasteiger partial charge in [-0.2, -0.15) is 0 Å². The SMILES string of the molecule is CCCOc1ccc(C2C(C(=O)c3ccc(C)o3)=C(O)C(=O)N2c2nnc(SCc3ccccc3Cl)s2)cc1OCC. The molecule has 0 saturated carbocycles. The number of Topliss-reactive ketones (excluding diaryl/α,β-unsaturated/α-hetero) is 1. The van der Waals surface area contributed by atoms with Crippen molar-refractivity contribution in [3.05, 3.63) is 93.6 Å². The fraction of sp³-hybridized carbons (Fsp3) is 0.267. The Balaban J connectivity index is 1.54. The molecule has 9 nitrogen and oxygen atoms in total. The highest BCUT2D eigenvalue weighted by Gasteiger charge is 2.47. The van der Waals surface area contributed by atoms with Gasteiger partial charge < -0.3 is 19.0 Å². The van der Waals surface area contributed by atoms with Gasteiger partial charge in [0, 0.05) is 10.8 Å². The Labute approximate surface area is 256 Å². The van der Waals surface area contributed by atoms with Crippen molar-refractivity contribution in [2.24, 2.45) is 0 Å². The molecule has 2 aromatic heterocycles. The first-order valence-corrected chi connectivity index (χ1v) is 15.5. The van der Waals surface area contributed by atoms with Crippen molar-refractivity contribution in [1.82, 2.24) is 10.2 Å². The second-order valence-corrected chi connectivity index (χ2v) is 11.9. The molecule has 1 N–H and O–H groups in total. The Bertz CT molecular complexity index is 1650. The van der Waals surface area contributed by atoms with E-state index in [9.17, 15) is 14.7 Å². The number of rotatable bonds is 12. The van der Waals surface area contributed by atoms with Crippen molar-refractivity contribution < 1.29 is 28.6 Å². The molecule has 218 valence electrons. The highest BCUT2D eigenvalue weighted by molar-refractivity contribution is 8.00. The van der Waals surface area contributed by atoms with Gasteiger partial charge in [-0.25, -0.2) is 0 Å². The zero-order chi connectivity index (χ0) is 29.8. The quantitative estimate of drug-likeness (QED) is 0.0979. The summed E-state index contributed by atoms with van der Waals surface area (Å²) in [5.41, 5.74) is 1.33. The summed E-state index contributed by atoms with van der Waals surface area (Å²) in [6.45, 7) is 6.43. The van der Waals surface area contributed by atoms with E-state index in [2.05, 4.69) is 10.2 Å². The van der Waals surface area contributed by atoms with Gasteiger partial charge in [-0.05, 0) is 61.7 Å². The van der Waals surface area contributed by atoms with Crippen LogP contribution >= 0.6 is 34.7 Å². The molecular formula is C30H28ClN3O6S2. The summed E-state index contributed by atoms with van der Waals surface area (Å²) in [6, 6.07) is 14.8. The Morgan fingerprint density at radius 3 is 2.64 bits per heavy atom. The molecule has 0 bridgehead atoms. The van der Waals surface area contributed by atoms with Gasteiger partial charge in [-0.15, -0.1) is 10.2 Å². The first-order valence-electron chi connectivity index (χ1n) is 13.3. The van der Waals surface area contributed by atoms with E-state index in [0.717, 1.165) is 12.0 Å². The minimum absolute atomic E-state index is 0.00915. The van der Waals surface area contributed by atoms with Gasteiger partial charge in [0.1, 0.15) is 5.76 Å². The lowest BCUT2D eigenvalue weighted by atomic mass is 9.95. The molecular weight excluding hydrogens is 598 g/mol.